The zero-order valence-corrected chi connectivity index (χ0v) is 10.7. The number of benzene rings is 1. The van der Waals surface area contributed by atoms with E-state index in [9.17, 15) is 22.4 Å². The molecule has 1 aliphatic rings. The summed E-state index contributed by atoms with van der Waals surface area (Å²) in [6.07, 6.45) is -5.33. The zero-order chi connectivity index (χ0) is 14.0. The van der Waals surface area contributed by atoms with Crippen LogP contribution in [-0.4, -0.2) is 19.1 Å². The number of nitrogens with one attached hydrogen (secondary N) is 1. The molecule has 4 nitrogen and oxygen atoms in total. The van der Waals surface area contributed by atoms with Crippen LogP contribution in [0.15, 0.2) is 18.2 Å². The lowest BCUT2D eigenvalue weighted by atomic mass is 10.0. The highest BCUT2D eigenvalue weighted by Crippen LogP contribution is 2.29. The maximum atomic E-state index is 13.6. The summed E-state index contributed by atoms with van der Waals surface area (Å²) in [6.45, 7) is 0.0697. The van der Waals surface area contributed by atoms with E-state index in [1.54, 1.807) is 0 Å². The van der Waals surface area contributed by atoms with E-state index in [1.807, 2.05) is 0 Å². The van der Waals surface area contributed by atoms with Crippen molar-refractivity contribution in [1.29, 1.82) is 0 Å². The third-order valence-corrected chi connectivity index (χ3v) is 2.51. The van der Waals surface area contributed by atoms with Crippen LogP contribution in [0.1, 0.15) is 18.0 Å². The summed E-state index contributed by atoms with van der Waals surface area (Å²) in [5, 5.41) is 2.33. The van der Waals surface area contributed by atoms with Gasteiger partial charge in [0.15, 0.2) is 0 Å². The smallest absolute Gasteiger partial charge is 0.449 e. The average molecular weight is 316 g/mol. The summed E-state index contributed by atoms with van der Waals surface area (Å²) < 4.78 is 58.1. The molecular formula is C11H10ClF4NO3. The Morgan fingerprint density at radius 3 is 2.65 bits per heavy atom. The van der Waals surface area contributed by atoms with Gasteiger partial charge in [0.1, 0.15) is 11.6 Å². The molecule has 9 heteroatoms. The standard InChI is InChI=1S/C11H9F4NO3.ClH/c12-8-2-1-6(19-11(13,14)15)5-7(8)9-3-4-18-10(17)16-9;/h1-2,5,9H,3-4H2,(H,16,17);1H/t9-;/m1./s1. The van der Waals surface area contributed by atoms with Crippen molar-refractivity contribution in [3.8, 4) is 5.75 Å². The summed E-state index contributed by atoms with van der Waals surface area (Å²) in [6, 6.07) is 1.91. The molecule has 1 aromatic rings. The van der Waals surface area contributed by atoms with Gasteiger partial charge in [-0.15, -0.1) is 25.6 Å². The third kappa shape index (κ3) is 4.16. The van der Waals surface area contributed by atoms with Crippen molar-refractivity contribution in [2.24, 2.45) is 0 Å². The molecular weight excluding hydrogens is 306 g/mol. The molecule has 0 spiro atoms. The fourth-order valence-corrected chi connectivity index (χ4v) is 1.74. The first-order valence-corrected chi connectivity index (χ1v) is 5.33. The SMILES string of the molecule is Cl.O=C1N[C@@H](c2cc(OC(F)(F)F)ccc2F)CCO1. The molecule has 1 aromatic carbocycles. The molecule has 0 unspecified atom stereocenters. The summed E-state index contributed by atoms with van der Waals surface area (Å²) in [7, 11) is 0. The second kappa shape index (κ2) is 6.17. The lowest BCUT2D eigenvalue weighted by Crippen LogP contribution is -2.35. The zero-order valence-electron chi connectivity index (χ0n) is 9.87. The largest absolute Gasteiger partial charge is 0.573 e. The molecule has 1 heterocycles. The van der Waals surface area contributed by atoms with Crippen LogP contribution in [-0.2, 0) is 4.74 Å². The topological polar surface area (TPSA) is 47.6 Å². The minimum atomic E-state index is -4.85. The number of carbonyl (C=O) groups excluding carboxylic acids is 1. The van der Waals surface area contributed by atoms with Crippen LogP contribution < -0.4 is 10.1 Å². The quantitative estimate of drug-likeness (QED) is 0.852. The Morgan fingerprint density at radius 1 is 1.35 bits per heavy atom. The van der Waals surface area contributed by atoms with Gasteiger partial charge in [0, 0.05) is 12.0 Å². The number of cyclic esters (lactones) is 1. The third-order valence-electron chi connectivity index (χ3n) is 2.51. The van der Waals surface area contributed by atoms with Gasteiger partial charge in [-0.3, -0.25) is 0 Å². The van der Waals surface area contributed by atoms with Gasteiger partial charge >= 0.3 is 12.5 Å². The lowest BCUT2D eigenvalue weighted by Gasteiger charge is -2.24. The first-order valence-electron chi connectivity index (χ1n) is 5.33. The van der Waals surface area contributed by atoms with Gasteiger partial charge in [0.05, 0.1) is 12.6 Å². The fraction of sp³-hybridized carbons (Fsp3) is 0.364. The van der Waals surface area contributed by atoms with Crippen molar-refractivity contribution >= 4 is 18.5 Å². The molecule has 1 fully saturated rings. The molecule has 1 amide bonds. The Labute approximate surface area is 117 Å². The molecule has 1 aliphatic heterocycles. The fourth-order valence-electron chi connectivity index (χ4n) is 1.74. The minimum absolute atomic E-state index is 0. The molecule has 0 bridgehead atoms. The van der Waals surface area contributed by atoms with Crippen molar-refractivity contribution in [2.75, 3.05) is 6.61 Å². The van der Waals surface area contributed by atoms with E-state index < -0.39 is 30.1 Å². The van der Waals surface area contributed by atoms with Gasteiger partial charge in [-0.2, -0.15) is 0 Å². The number of hydrogen-bond acceptors (Lipinski definition) is 3. The maximum Gasteiger partial charge on any atom is 0.573 e. The van der Waals surface area contributed by atoms with Gasteiger partial charge in [-0.1, -0.05) is 0 Å². The van der Waals surface area contributed by atoms with Crippen LogP contribution >= 0.6 is 12.4 Å². The van der Waals surface area contributed by atoms with E-state index in [-0.39, 0.29) is 31.0 Å². The van der Waals surface area contributed by atoms with Crippen LogP contribution in [0, 0.1) is 5.82 Å². The monoisotopic (exact) mass is 315 g/mol. The molecule has 20 heavy (non-hydrogen) atoms. The molecule has 2 rings (SSSR count). The highest BCUT2D eigenvalue weighted by molar-refractivity contribution is 5.85. The van der Waals surface area contributed by atoms with Gasteiger partial charge in [-0.25, -0.2) is 9.18 Å². The number of halogens is 5. The molecule has 0 radical (unpaired) electrons. The Bertz CT molecular complexity index is 495. The molecule has 0 aromatic heterocycles. The predicted octanol–water partition coefficient (Wildman–Crippen LogP) is 3.32. The molecule has 1 atom stereocenters. The molecule has 0 saturated carbocycles. The molecule has 0 aliphatic carbocycles. The average Bonchev–Trinajstić information content (AvgIpc) is 2.30. The van der Waals surface area contributed by atoms with Gasteiger partial charge in [-0.05, 0) is 18.2 Å². The van der Waals surface area contributed by atoms with Crippen molar-refractivity contribution in [2.45, 2.75) is 18.8 Å². The van der Waals surface area contributed by atoms with Crippen molar-refractivity contribution in [1.82, 2.24) is 5.32 Å². The van der Waals surface area contributed by atoms with Gasteiger partial charge in [0.25, 0.3) is 0 Å². The molecule has 1 saturated heterocycles. The minimum Gasteiger partial charge on any atom is -0.449 e. The van der Waals surface area contributed by atoms with E-state index in [1.165, 1.54) is 0 Å². The van der Waals surface area contributed by atoms with Crippen LogP contribution in [0.5, 0.6) is 5.75 Å². The number of hydrogen-bond donors (Lipinski definition) is 1. The normalized spacial score (nSPS) is 18.6. The van der Waals surface area contributed by atoms with E-state index in [2.05, 4.69) is 14.8 Å². The van der Waals surface area contributed by atoms with Gasteiger partial charge < -0.3 is 14.8 Å². The van der Waals surface area contributed by atoms with E-state index in [0.717, 1.165) is 18.2 Å². The van der Waals surface area contributed by atoms with Crippen LogP contribution in [0.3, 0.4) is 0 Å². The van der Waals surface area contributed by atoms with E-state index in [4.69, 9.17) is 0 Å². The number of ether oxygens (including phenoxy) is 2. The van der Waals surface area contributed by atoms with E-state index in [0.29, 0.717) is 0 Å². The Kier molecular flexibility index (Phi) is 5.04. The highest BCUT2D eigenvalue weighted by atomic mass is 35.5. The summed E-state index contributed by atoms with van der Waals surface area (Å²) in [4.78, 5) is 11.0. The summed E-state index contributed by atoms with van der Waals surface area (Å²) in [5.41, 5.74) is -0.0709. The van der Waals surface area contributed by atoms with Crippen LogP contribution in [0.2, 0.25) is 0 Å². The number of alkyl carbamates (subject to hydrolysis) is 1. The second-order valence-electron chi connectivity index (χ2n) is 3.85. The number of rotatable bonds is 2. The lowest BCUT2D eigenvalue weighted by molar-refractivity contribution is -0.274. The predicted molar refractivity (Wildman–Crippen MR) is 62.2 cm³/mol. The number of alkyl halides is 3. The summed E-state index contributed by atoms with van der Waals surface area (Å²) >= 11 is 0. The van der Waals surface area contributed by atoms with Gasteiger partial charge in [0.2, 0.25) is 0 Å². The second-order valence-corrected chi connectivity index (χ2v) is 3.85. The highest BCUT2D eigenvalue weighted by Gasteiger charge is 2.32. The number of carbonyl (C=O) groups is 1. The Morgan fingerprint density at radius 2 is 2.05 bits per heavy atom. The van der Waals surface area contributed by atoms with Crippen molar-refractivity contribution in [3.63, 3.8) is 0 Å². The molecule has 112 valence electrons. The van der Waals surface area contributed by atoms with Crippen LogP contribution in [0.25, 0.3) is 0 Å². The Balaban J connectivity index is 0.00000200. The van der Waals surface area contributed by atoms with Crippen LogP contribution in [0.4, 0.5) is 22.4 Å². The first kappa shape index (κ1) is 16.4. The van der Waals surface area contributed by atoms with Crippen molar-refractivity contribution < 1.29 is 31.8 Å². The Hall–Kier alpha value is -1.70. The maximum absolute atomic E-state index is 13.6. The van der Waals surface area contributed by atoms with Crippen molar-refractivity contribution in [3.05, 3.63) is 29.6 Å². The first-order chi connectivity index (χ1) is 8.85. The molecule has 1 N–H and O–H groups in total. The number of amides is 1. The van der Waals surface area contributed by atoms with E-state index >= 15 is 0 Å². The summed E-state index contributed by atoms with van der Waals surface area (Å²) in [5.74, 6) is -1.26.